The van der Waals surface area contributed by atoms with Crippen molar-refractivity contribution in [1.29, 1.82) is 0 Å². The van der Waals surface area contributed by atoms with Crippen LogP contribution in [-0.2, 0) is 19.3 Å². The summed E-state index contributed by atoms with van der Waals surface area (Å²) in [7, 11) is 0. The zero-order valence-corrected chi connectivity index (χ0v) is 28.5. The zero-order chi connectivity index (χ0) is 33.1. The molecule has 3 aromatic rings. The minimum absolute atomic E-state index is 0.138. The lowest BCUT2D eigenvalue weighted by Gasteiger charge is -2.31. The number of hydrogen-bond donors (Lipinski definition) is 3. The molecular formula is C36H50N12. The first-order valence-electron chi connectivity index (χ1n) is 17.7. The number of aliphatic imine (C=N–C) groups is 3. The maximum Gasteiger partial charge on any atom is 0.115 e. The average Bonchev–Trinajstić information content (AvgIpc) is 3.61. The van der Waals surface area contributed by atoms with E-state index in [1.165, 1.54) is 5.56 Å². The normalized spacial score (nSPS) is 25.2. The van der Waals surface area contributed by atoms with Crippen LogP contribution < -0.4 is 16.0 Å². The van der Waals surface area contributed by atoms with Crippen molar-refractivity contribution in [2.24, 2.45) is 32.7 Å². The van der Waals surface area contributed by atoms with E-state index in [0.717, 1.165) is 99.8 Å². The summed E-state index contributed by atoms with van der Waals surface area (Å²) in [5.41, 5.74) is 3.19. The van der Waals surface area contributed by atoms with Gasteiger partial charge in [-0.05, 0) is 69.1 Å². The molecular weight excluding hydrogens is 600 g/mol. The van der Waals surface area contributed by atoms with Crippen LogP contribution in [0.15, 0.2) is 70.6 Å². The number of rotatable bonds is 11. The quantitative estimate of drug-likeness (QED) is 0.282. The van der Waals surface area contributed by atoms with Crippen LogP contribution >= 0.6 is 0 Å². The zero-order valence-electron chi connectivity index (χ0n) is 28.5. The Balaban J connectivity index is 1.19. The van der Waals surface area contributed by atoms with Crippen LogP contribution in [0.5, 0.6) is 0 Å². The molecule has 0 spiro atoms. The Bertz CT molecular complexity index is 1510. The van der Waals surface area contributed by atoms with Gasteiger partial charge in [-0.3, -0.25) is 24.9 Å². The van der Waals surface area contributed by atoms with E-state index in [9.17, 15) is 0 Å². The Morgan fingerprint density at radius 2 is 1.33 bits per heavy atom. The lowest BCUT2D eigenvalue weighted by atomic mass is 9.92. The summed E-state index contributed by atoms with van der Waals surface area (Å²) in [6.45, 7) is 8.43. The highest BCUT2D eigenvalue weighted by molar-refractivity contribution is 5.87. The molecule has 3 aliphatic rings. The maximum atomic E-state index is 5.55. The van der Waals surface area contributed by atoms with Gasteiger partial charge in [-0.15, -0.1) is 0 Å². The summed E-state index contributed by atoms with van der Waals surface area (Å²) in [5.74, 6) is 3.88. The van der Waals surface area contributed by atoms with E-state index in [0.29, 0.717) is 0 Å². The van der Waals surface area contributed by atoms with Gasteiger partial charge in [0.25, 0.3) is 0 Å². The first-order chi connectivity index (χ1) is 23.5. The predicted molar refractivity (Wildman–Crippen MR) is 189 cm³/mol. The molecule has 3 N–H and O–H groups in total. The van der Waals surface area contributed by atoms with Crippen molar-refractivity contribution < 1.29 is 0 Å². The third-order valence-electron chi connectivity index (χ3n) is 9.82. The summed E-state index contributed by atoms with van der Waals surface area (Å²) in [5, 5.41) is 19.9. The number of amidine groups is 3. The molecule has 0 saturated carbocycles. The molecule has 12 nitrogen and oxygen atoms in total. The van der Waals surface area contributed by atoms with Gasteiger partial charge in [0, 0.05) is 92.1 Å². The van der Waals surface area contributed by atoms with Gasteiger partial charge < -0.3 is 16.0 Å². The SMILES string of the molecule is C[C@@H](Cc1ccncn1)C1=NCCCC(C2CCC(C3CCCN=C([C@@H](C)Cc4cnccn4)N3)NC([C@@H](C)Cc3ccnnc3)=N2)N1. The summed E-state index contributed by atoms with van der Waals surface area (Å²) >= 11 is 0. The van der Waals surface area contributed by atoms with E-state index < -0.39 is 0 Å². The second-order valence-corrected chi connectivity index (χ2v) is 13.7. The van der Waals surface area contributed by atoms with E-state index >= 15 is 0 Å². The van der Waals surface area contributed by atoms with Gasteiger partial charge in [0.2, 0.25) is 0 Å². The van der Waals surface area contributed by atoms with E-state index in [2.05, 4.69) is 72.9 Å². The van der Waals surface area contributed by atoms with E-state index in [1.54, 1.807) is 24.9 Å². The molecule has 0 saturated heterocycles. The second kappa shape index (κ2) is 16.7. The van der Waals surface area contributed by atoms with Crippen molar-refractivity contribution >= 4 is 17.5 Å². The fourth-order valence-corrected chi connectivity index (χ4v) is 7.16. The largest absolute Gasteiger partial charge is 0.369 e. The van der Waals surface area contributed by atoms with Crippen LogP contribution in [0.1, 0.15) is 76.2 Å². The van der Waals surface area contributed by atoms with Crippen molar-refractivity contribution in [3.63, 3.8) is 0 Å². The first kappa shape index (κ1) is 33.5. The lowest BCUT2D eigenvalue weighted by molar-refractivity contribution is 0.371. The number of nitrogens with one attached hydrogen (secondary N) is 3. The van der Waals surface area contributed by atoms with Gasteiger partial charge in [-0.25, -0.2) is 9.97 Å². The molecule has 0 radical (unpaired) electrons. The minimum Gasteiger partial charge on any atom is -0.369 e. The Kier molecular flexibility index (Phi) is 11.6. The maximum absolute atomic E-state index is 5.55. The number of nitrogens with zero attached hydrogens (tertiary/aromatic N) is 9. The molecule has 7 atom stereocenters. The molecule has 4 unspecified atom stereocenters. The van der Waals surface area contributed by atoms with Gasteiger partial charge >= 0.3 is 0 Å². The molecule has 0 fully saturated rings. The van der Waals surface area contributed by atoms with Crippen molar-refractivity contribution in [2.75, 3.05) is 13.1 Å². The van der Waals surface area contributed by atoms with Crippen molar-refractivity contribution in [1.82, 2.24) is 46.1 Å². The monoisotopic (exact) mass is 650 g/mol. The van der Waals surface area contributed by atoms with Gasteiger partial charge in [-0.1, -0.05) is 20.8 Å². The lowest BCUT2D eigenvalue weighted by Crippen LogP contribution is -2.52. The Labute approximate surface area is 284 Å². The van der Waals surface area contributed by atoms with Crippen LogP contribution in [0.25, 0.3) is 0 Å². The fourth-order valence-electron chi connectivity index (χ4n) is 7.16. The van der Waals surface area contributed by atoms with Gasteiger partial charge in [0.05, 0.1) is 29.6 Å². The Morgan fingerprint density at radius 1 is 0.625 bits per heavy atom. The fraction of sp³-hybridized carbons (Fsp3) is 0.583. The number of aromatic nitrogens is 6. The number of hydrogen-bond acceptors (Lipinski definition) is 12. The molecule has 0 bridgehead atoms. The molecule has 254 valence electrons. The van der Waals surface area contributed by atoms with Crippen molar-refractivity contribution in [2.45, 2.75) is 103 Å². The summed E-state index contributed by atoms with van der Waals surface area (Å²) in [6, 6.07) is 4.89. The van der Waals surface area contributed by atoms with Crippen LogP contribution in [0.2, 0.25) is 0 Å². The van der Waals surface area contributed by atoms with Crippen LogP contribution in [0.4, 0.5) is 0 Å². The van der Waals surface area contributed by atoms with Crippen LogP contribution in [0.3, 0.4) is 0 Å². The van der Waals surface area contributed by atoms with E-state index in [1.807, 2.05) is 24.7 Å². The minimum atomic E-state index is 0.138. The third-order valence-corrected chi connectivity index (χ3v) is 9.82. The average molecular weight is 651 g/mol. The highest BCUT2D eigenvalue weighted by atomic mass is 15.1. The molecule has 0 aliphatic carbocycles. The predicted octanol–water partition coefficient (Wildman–Crippen LogP) is 3.81. The molecule has 48 heavy (non-hydrogen) atoms. The molecule has 6 heterocycles. The molecule has 12 heteroatoms. The molecule has 0 amide bonds. The molecule has 0 aromatic carbocycles. The summed E-state index contributed by atoms with van der Waals surface area (Å²) in [4.78, 5) is 32.9. The summed E-state index contributed by atoms with van der Waals surface area (Å²) in [6.07, 6.45) is 21.1. The highest BCUT2D eigenvalue weighted by Crippen LogP contribution is 2.25. The van der Waals surface area contributed by atoms with E-state index in [-0.39, 0.29) is 41.9 Å². The van der Waals surface area contributed by atoms with Gasteiger partial charge in [0.15, 0.2) is 0 Å². The Hall–Kier alpha value is -4.35. The summed E-state index contributed by atoms with van der Waals surface area (Å²) < 4.78 is 0. The van der Waals surface area contributed by atoms with Crippen molar-refractivity contribution in [3.05, 3.63) is 72.6 Å². The highest BCUT2D eigenvalue weighted by Gasteiger charge is 2.34. The van der Waals surface area contributed by atoms with Crippen LogP contribution in [-0.4, -0.2) is 84.9 Å². The topological polar surface area (TPSA) is 151 Å². The van der Waals surface area contributed by atoms with Crippen LogP contribution in [0, 0.1) is 17.8 Å². The van der Waals surface area contributed by atoms with Crippen molar-refractivity contribution in [3.8, 4) is 0 Å². The van der Waals surface area contributed by atoms with E-state index in [4.69, 9.17) is 15.0 Å². The third kappa shape index (κ3) is 9.17. The van der Waals surface area contributed by atoms with Gasteiger partial charge in [-0.2, -0.15) is 10.2 Å². The Morgan fingerprint density at radius 3 is 2.04 bits per heavy atom. The second-order valence-electron chi connectivity index (χ2n) is 13.7. The molecule has 6 rings (SSSR count). The smallest absolute Gasteiger partial charge is 0.115 e. The standard InChI is InChI=1S/C36H50N12/c1-24(18-27-10-15-43-44-21-27)36-47-32(30-6-4-12-40-34(45-30)25(2)19-28-11-14-38-23-42-28)8-9-33(48-36)31-7-5-13-41-35(46-31)26(3)20-29-22-37-16-17-39-29/h10-11,14-17,21-26,30-33H,4-9,12-13,18-20H2,1-3H3,(H,40,45)(H,41,46)(H,47,48)/t24-,25-,26-,30?,31?,32?,33?/m0/s1. The van der Waals surface area contributed by atoms with Gasteiger partial charge in [0.1, 0.15) is 12.2 Å². The first-order valence-corrected chi connectivity index (χ1v) is 17.7. The molecule has 3 aliphatic heterocycles. The molecule has 3 aromatic heterocycles.